The summed E-state index contributed by atoms with van der Waals surface area (Å²) in [6, 6.07) is 7.60. The molecule has 0 fully saturated rings. The minimum Gasteiger partial charge on any atom is -0.481 e. The predicted octanol–water partition coefficient (Wildman–Crippen LogP) is 3.40. The van der Waals surface area contributed by atoms with Gasteiger partial charge in [-0.15, -0.1) is 11.8 Å². The molecule has 0 heterocycles. The van der Waals surface area contributed by atoms with Gasteiger partial charge >= 0.3 is 5.97 Å². The third-order valence-electron chi connectivity index (χ3n) is 3.53. The molecule has 112 valence electrons. The highest BCUT2D eigenvalue weighted by molar-refractivity contribution is 7.99. The van der Waals surface area contributed by atoms with Gasteiger partial charge in [-0.3, -0.25) is 9.59 Å². The van der Waals surface area contributed by atoms with Gasteiger partial charge in [0.05, 0.1) is 17.5 Å². The number of aliphatic carboxylic acids is 1. The summed E-state index contributed by atoms with van der Waals surface area (Å²) in [4.78, 5) is 24.7. The molecule has 0 saturated heterocycles. The summed E-state index contributed by atoms with van der Waals surface area (Å²) >= 11 is 1.65. The van der Waals surface area contributed by atoms with Crippen molar-refractivity contribution in [3.8, 4) is 0 Å². The number of nitrogens with one attached hydrogen (secondary N) is 1. The highest BCUT2D eigenvalue weighted by Crippen LogP contribution is 2.30. The number of amides is 1. The lowest BCUT2D eigenvalue weighted by molar-refractivity contribution is -0.146. The normalized spacial score (nSPS) is 21.0. The Morgan fingerprint density at radius 2 is 1.90 bits per heavy atom. The summed E-state index contributed by atoms with van der Waals surface area (Å²) in [6.07, 6.45) is 4.62. The molecule has 1 amide bonds. The van der Waals surface area contributed by atoms with Gasteiger partial charge in [-0.2, -0.15) is 0 Å². The van der Waals surface area contributed by atoms with Gasteiger partial charge in [0.2, 0.25) is 5.91 Å². The first-order valence-corrected chi connectivity index (χ1v) is 8.02. The molecule has 0 aromatic heterocycles. The van der Waals surface area contributed by atoms with Crippen molar-refractivity contribution in [3.05, 3.63) is 36.4 Å². The summed E-state index contributed by atoms with van der Waals surface area (Å²) in [5.41, 5.74) is 0.757. The van der Waals surface area contributed by atoms with Crippen LogP contribution in [-0.4, -0.2) is 22.7 Å². The fraction of sp³-hybridized carbons (Fsp3) is 0.375. The maximum absolute atomic E-state index is 12.4. The number of carbonyl (C=O) groups is 2. The van der Waals surface area contributed by atoms with E-state index in [1.54, 1.807) is 11.8 Å². The van der Waals surface area contributed by atoms with Crippen LogP contribution in [0.25, 0.3) is 0 Å². The van der Waals surface area contributed by atoms with Crippen molar-refractivity contribution in [2.75, 3.05) is 11.1 Å². The molecule has 21 heavy (non-hydrogen) atoms. The van der Waals surface area contributed by atoms with Gasteiger partial charge in [-0.25, -0.2) is 0 Å². The van der Waals surface area contributed by atoms with Crippen molar-refractivity contribution in [2.45, 2.75) is 24.7 Å². The predicted molar refractivity (Wildman–Crippen MR) is 84.5 cm³/mol. The smallest absolute Gasteiger partial charge is 0.307 e. The highest BCUT2D eigenvalue weighted by Gasteiger charge is 2.34. The topological polar surface area (TPSA) is 66.4 Å². The number of rotatable bonds is 5. The van der Waals surface area contributed by atoms with E-state index in [2.05, 4.69) is 12.2 Å². The summed E-state index contributed by atoms with van der Waals surface area (Å²) in [5.74, 6) is -1.35. The maximum Gasteiger partial charge on any atom is 0.307 e. The minimum absolute atomic E-state index is 0.212. The molecule has 1 aromatic rings. The largest absolute Gasteiger partial charge is 0.481 e. The zero-order valence-corrected chi connectivity index (χ0v) is 12.7. The molecule has 2 N–H and O–H groups in total. The number of allylic oxidation sites excluding steroid dienone is 2. The van der Waals surface area contributed by atoms with Crippen molar-refractivity contribution >= 4 is 29.3 Å². The zero-order chi connectivity index (χ0) is 15.2. The summed E-state index contributed by atoms with van der Waals surface area (Å²) in [7, 11) is 0. The number of carbonyl (C=O) groups excluding carboxylic acids is 1. The van der Waals surface area contributed by atoms with Gasteiger partial charge < -0.3 is 10.4 Å². The van der Waals surface area contributed by atoms with E-state index in [1.807, 2.05) is 36.4 Å². The van der Waals surface area contributed by atoms with Crippen molar-refractivity contribution in [3.63, 3.8) is 0 Å². The Kier molecular flexibility index (Phi) is 5.44. The first kappa shape index (κ1) is 15.6. The molecule has 4 nitrogen and oxygen atoms in total. The molecule has 1 aliphatic carbocycles. The summed E-state index contributed by atoms with van der Waals surface area (Å²) in [6.45, 7) is 2.05. The molecule has 5 heteroatoms. The zero-order valence-electron chi connectivity index (χ0n) is 11.9. The number of benzene rings is 1. The van der Waals surface area contributed by atoms with Gasteiger partial charge in [0.15, 0.2) is 0 Å². The third-order valence-corrected chi connectivity index (χ3v) is 4.49. The fourth-order valence-electron chi connectivity index (χ4n) is 2.45. The maximum atomic E-state index is 12.4. The molecule has 0 saturated carbocycles. The van der Waals surface area contributed by atoms with Crippen molar-refractivity contribution in [1.82, 2.24) is 0 Å². The van der Waals surface area contributed by atoms with Gasteiger partial charge in [-0.1, -0.05) is 31.2 Å². The second-order valence-electron chi connectivity index (χ2n) is 4.91. The molecule has 0 radical (unpaired) electrons. The van der Waals surface area contributed by atoms with E-state index in [4.69, 9.17) is 0 Å². The average molecular weight is 305 g/mol. The summed E-state index contributed by atoms with van der Waals surface area (Å²) in [5, 5.41) is 12.1. The van der Waals surface area contributed by atoms with Crippen LogP contribution in [0.15, 0.2) is 41.3 Å². The monoisotopic (exact) mass is 305 g/mol. The lowest BCUT2D eigenvalue weighted by atomic mass is 9.82. The van der Waals surface area contributed by atoms with Crippen LogP contribution in [0.3, 0.4) is 0 Å². The van der Waals surface area contributed by atoms with Crippen LogP contribution in [-0.2, 0) is 9.59 Å². The van der Waals surface area contributed by atoms with E-state index in [-0.39, 0.29) is 5.91 Å². The first-order chi connectivity index (χ1) is 10.1. The molecule has 0 aliphatic heterocycles. The van der Waals surface area contributed by atoms with Crippen LogP contribution >= 0.6 is 11.8 Å². The Hall–Kier alpha value is -1.75. The Balaban J connectivity index is 2.14. The Labute approximate surface area is 128 Å². The number of carboxylic acid groups (broad SMARTS) is 1. The number of hydrogen-bond donors (Lipinski definition) is 2. The first-order valence-electron chi connectivity index (χ1n) is 7.04. The number of anilines is 1. The van der Waals surface area contributed by atoms with E-state index >= 15 is 0 Å². The highest BCUT2D eigenvalue weighted by atomic mass is 32.2. The molecule has 1 aliphatic rings. The molecular weight excluding hydrogens is 286 g/mol. The van der Waals surface area contributed by atoms with E-state index in [9.17, 15) is 14.7 Å². The molecule has 2 rings (SSSR count). The Morgan fingerprint density at radius 1 is 1.24 bits per heavy atom. The van der Waals surface area contributed by atoms with E-state index in [1.165, 1.54) is 0 Å². The van der Waals surface area contributed by atoms with E-state index < -0.39 is 17.8 Å². The lowest BCUT2D eigenvalue weighted by Gasteiger charge is -2.24. The van der Waals surface area contributed by atoms with Crippen molar-refractivity contribution in [1.29, 1.82) is 0 Å². The quantitative estimate of drug-likeness (QED) is 0.646. The summed E-state index contributed by atoms with van der Waals surface area (Å²) < 4.78 is 0. The molecule has 1 aromatic carbocycles. The van der Waals surface area contributed by atoms with Crippen LogP contribution in [0, 0.1) is 11.8 Å². The van der Waals surface area contributed by atoms with Gasteiger partial charge in [-0.05, 0) is 30.7 Å². The Bertz CT molecular complexity index is 556. The van der Waals surface area contributed by atoms with Crippen LogP contribution in [0.4, 0.5) is 5.69 Å². The minimum atomic E-state index is -0.907. The second kappa shape index (κ2) is 7.31. The van der Waals surface area contributed by atoms with Crippen LogP contribution in [0.5, 0.6) is 0 Å². The molecule has 0 bridgehead atoms. The molecule has 0 spiro atoms. The van der Waals surface area contributed by atoms with Crippen molar-refractivity contribution < 1.29 is 14.7 Å². The number of thioether (sulfide) groups is 1. The number of para-hydroxylation sites is 1. The third kappa shape index (κ3) is 3.88. The molecular formula is C16H19NO3S. The lowest BCUT2D eigenvalue weighted by Crippen LogP contribution is -2.34. The fourth-order valence-corrected chi connectivity index (χ4v) is 3.21. The van der Waals surface area contributed by atoms with Gasteiger partial charge in [0, 0.05) is 4.90 Å². The van der Waals surface area contributed by atoms with Gasteiger partial charge in [0.25, 0.3) is 0 Å². The standard InChI is InChI=1S/C16H19NO3S/c1-2-21-14-10-6-5-9-13(14)17-15(18)11-7-3-4-8-12(11)16(19)20/h3-6,9-12H,2,7-8H2,1H3,(H,17,18)(H,19,20)/t11-,12+/m1/s1. The molecule has 0 unspecified atom stereocenters. The van der Waals surface area contributed by atoms with Crippen LogP contribution < -0.4 is 5.32 Å². The number of hydrogen-bond acceptors (Lipinski definition) is 3. The Morgan fingerprint density at radius 3 is 2.57 bits per heavy atom. The number of carboxylic acids is 1. The average Bonchev–Trinajstić information content (AvgIpc) is 2.49. The van der Waals surface area contributed by atoms with E-state index in [0.717, 1.165) is 16.3 Å². The molecule has 2 atom stereocenters. The van der Waals surface area contributed by atoms with Crippen LogP contribution in [0.2, 0.25) is 0 Å². The van der Waals surface area contributed by atoms with Crippen molar-refractivity contribution in [2.24, 2.45) is 11.8 Å². The van der Waals surface area contributed by atoms with Crippen LogP contribution in [0.1, 0.15) is 19.8 Å². The second-order valence-corrected chi connectivity index (χ2v) is 6.22. The van der Waals surface area contributed by atoms with E-state index in [0.29, 0.717) is 12.8 Å². The SMILES string of the molecule is CCSc1ccccc1NC(=O)[C@@H]1CC=CC[C@@H]1C(=O)O. The van der Waals surface area contributed by atoms with Gasteiger partial charge in [0.1, 0.15) is 0 Å².